The Hall–Kier alpha value is -2.82. The highest BCUT2D eigenvalue weighted by Crippen LogP contribution is 2.41. The van der Waals surface area contributed by atoms with Crippen molar-refractivity contribution in [2.24, 2.45) is 23.7 Å². The van der Waals surface area contributed by atoms with Gasteiger partial charge >= 0.3 is 11.9 Å². The van der Waals surface area contributed by atoms with Gasteiger partial charge in [-0.3, -0.25) is 4.79 Å². The summed E-state index contributed by atoms with van der Waals surface area (Å²) in [4.78, 5) is 25.1. The van der Waals surface area contributed by atoms with E-state index in [-0.39, 0.29) is 11.9 Å². The molecule has 5 heteroatoms. The summed E-state index contributed by atoms with van der Waals surface area (Å²) in [6, 6.07) is 13.5. The van der Waals surface area contributed by atoms with E-state index in [0.29, 0.717) is 29.4 Å². The Morgan fingerprint density at radius 3 is 1.76 bits per heavy atom. The average molecular weight is 465 g/mol. The number of hydrogen-bond donors (Lipinski definition) is 0. The highest BCUT2D eigenvalue weighted by molar-refractivity contribution is 5.91. The Morgan fingerprint density at radius 2 is 1.21 bits per heavy atom. The van der Waals surface area contributed by atoms with E-state index >= 15 is 0 Å². The van der Waals surface area contributed by atoms with Crippen molar-refractivity contribution in [1.29, 1.82) is 0 Å². The van der Waals surface area contributed by atoms with Crippen LogP contribution in [0.3, 0.4) is 0 Å². The molecular weight excluding hydrogens is 428 g/mol. The van der Waals surface area contributed by atoms with Crippen molar-refractivity contribution in [1.82, 2.24) is 0 Å². The molecule has 2 fully saturated rings. The Labute approximate surface area is 202 Å². The van der Waals surface area contributed by atoms with Crippen LogP contribution < -0.4 is 14.2 Å². The summed E-state index contributed by atoms with van der Waals surface area (Å²) in [7, 11) is 0. The van der Waals surface area contributed by atoms with E-state index in [4.69, 9.17) is 14.2 Å². The molecule has 0 unspecified atom stereocenters. The van der Waals surface area contributed by atoms with Gasteiger partial charge in [-0.05, 0) is 112 Å². The van der Waals surface area contributed by atoms with Crippen LogP contribution in [0, 0.1) is 23.7 Å². The van der Waals surface area contributed by atoms with Gasteiger partial charge < -0.3 is 14.2 Å². The number of carbonyl (C=O) groups is 2. The number of rotatable bonds is 7. The van der Waals surface area contributed by atoms with Gasteiger partial charge in [-0.15, -0.1) is 0 Å². The van der Waals surface area contributed by atoms with Gasteiger partial charge in [-0.25, -0.2) is 4.79 Å². The minimum atomic E-state index is -0.447. The third-order valence-corrected chi connectivity index (χ3v) is 7.49. The van der Waals surface area contributed by atoms with Crippen molar-refractivity contribution in [2.75, 3.05) is 6.61 Å². The van der Waals surface area contributed by atoms with Crippen LogP contribution in [-0.4, -0.2) is 18.5 Å². The molecular formula is C29H36O5. The topological polar surface area (TPSA) is 61.8 Å². The molecule has 2 aromatic carbocycles. The summed E-state index contributed by atoms with van der Waals surface area (Å²) in [5.74, 6) is 3.50. The molecule has 182 valence electrons. The Morgan fingerprint density at radius 1 is 0.706 bits per heavy atom. The normalized spacial score (nSPS) is 24.8. The third kappa shape index (κ3) is 6.40. The molecule has 0 heterocycles. The van der Waals surface area contributed by atoms with Gasteiger partial charge in [0.25, 0.3) is 0 Å². The van der Waals surface area contributed by atoms with Crippen molar-refractivity contribution in [3.8, 4) is 17.2 Å². The molecule has 0 aromatic heterocycles. The lowest BCUT2D eigenvalue weighted by molar-refractivity contribution is -0.140. The molecule has 0 atom stereocenters. The molecule has 2 saturated carbocycles. The molecule has 0 spiro atoms. The second-order valence-electron chi connectivity index (χ2n) is 9.87. The van der Waals surface area contributed by atoms with Gasteiger partial charge in [0.2, 0.25) is 0 Å². The Kier molecular flexibility index (Phi) is 8.25. The van der Waals surface area contributed by atoms with E-state index in [1.807, 2.05) is 6.92 Å². The maximum absolute atomic E-state index is 12.7. The molecule has 4 rings (SSSR count). The average Bonchev–Trinajstić information content (AvgIpc) is 2.86. The molecule has 0 radical (unpaired) electrons. The van der Waals surface area contributed by atoms with Crippen molar-refractivity contribution in [2.45, 2.75) is 65.2 Å². The lowest BCUT2D eigenvalue weighted by Crippen LogP contribution is -2.29. The zero-order valence-corrected chi connectivity index (χ0v) is 20.3. The molecule has 2 aliphatic carbocycles. The zero-order valence-electron chi connectivity index (χ0n) is 20.3. The van der Waals surface area contributed by atoms with Gasteiger partial charge in [0, 0.05) is 0 Å². The number of carbonyl (C=O) groups excluding carboxylic acids is 2. The summed E-state index contributed by atoms with van der Waals surface area (Å²) >= 11 is 0. The third-order valence-electron chi connectivity index (χ3n) is 7.49. The molecule has 0 N–H and O–H groups in total. The molecule has 34 heavy (non-hydrogen) atoms. The van der Waals surface area contributed by atoms with Gasteiger partial charge in [-0.2, -0.15) is 0 Å². The van der Waals surface area contributed by atoms with E-state index in [1.54, 1.807) is 48.5 Å². The quantitative estimate of drug-likeness (QED) is 0.331. The van der Waals surface area contributed by atoms with Crippen LogP contribution in [0.15, 0.2) is 48.5 Å². The van der Waals surface area contributed by atoms with Crippen molar-refractivity contribution < 1.29 is 23.8 Å². The minimum absolute atomic E-state index is 0.0177. The summed E-state index contributed by atoms with van der Waals surface area (Å²) in [5, 5.41) is 0. The number of esters is 2. The van der Waals surface area contributed by atoms with E-state index in [2.05, 4.69) is 6.92 Å². The van der Waals surface area contributed by atoms with E-state index < -0.39 is 5.97 Å². The molecule has 0 aliphatic heterocycles. The molecule has 2 aliphatic rings. The van der Waals surface area contributed by atoms with Crippen molar-refractivity contribution in [3.05, 3.63) is 54.1 Å². The summed E-state index contributed by atoms with van der Waals surface area (Å²) in [6.45, 7) is 4.84. The molecule has 0 saturated heterocycles. The molecule has 5 nitrogen and oxygen atoms in total. The lowest BCUT2D eigenvalue weighted by Gasteiger charge is -2.36. The number of hydrogen-bond acceptors (Lipinski definition) is 5. The minimum Gasteiger partial charge on any atom is -0.494 e. The SMILES string of the molecule is CCOc1ccc(C(=O)Oc2ccc(OC(=O)C3CCC(C4CCC(C)CC4)CC3)cc2)cc1. The summed E-state index contributed by atoms with van der Waals surface area (Å²) < 4.78 is 16.5. The van der Waals surface area contributed by atoms with Crippen LogP contribution in [0.1, 0.15) is 75.6 Å². The smallest absolute Gasteiger partial charge is 0.343 e. The first-order valence-electron chi connectivity index (χ1n) is 12.8. The highest BCUT2D eigenvalue weighted by Gasteiger charge is 2.33. The van der Waals surface area contributed by atoms with E-state index in [0.717, 1.165) is 43.4 Å². The van der Waals surface area contributed by atoms with E-state index in [1.165, 1.54) is 25.7 Å². The van der Waals surface area contributed by atoms with E-state index in [9.17, 15) is 9.59 Å². The Bertz CT molecular complexity index is 933. The first-order valence-corrected chi connectivity index (χ1v) is 12.8. The second-order valence-corrected chi connectivity index (χ2v) is 9.87. The summed E-state index contributed by atoms with van der Waals surface area (Å²) in [6.07, 6.45) is 9.56. The lowest BCUT2D eigenvalue weighted by atomic mass is 9.69. The predicted molar refractivity (Wildman–Crippen MR) is 131 cm³/mol. The number of ether oxygens (including phenoxy) is 3. The monoisotopic (exact) mass is 464 g/mol. The zero-order chi connectivity index (χ0) is 23.9. The first kappa shape index (κ1) is 24.3. The summed E-state index contributed by atoms with van der Waals surface area (Å²) in [5.41, 5.74) is 0.442. The maximum atomic E-state index is 12.7. The largest absolute Gasteiger partial charge is 0.494 e. The van der Waals surface area contributed by atoms with Crippen LogP contribution in [-0.2, 0) is 4.79 Å². The van der Waals surface area contributed by atoms with Crippen LogP contribution in [0.2, 0.25) is 0 Å². The van der Waals surface area contributed by atoms with Crippen molar-refractivity contribution >= 4 is 11.9 Å². The fraction of sp³-hybridized carbons (Fsp3) is 0.517. The van der Waals surface area contributed by atoms with Crippen molar-refractivity contribution in [3.63, 3.8) is 0 Å². The maximum Gasteiger partial charge on any atom is 0.343 e. The highest BCUT2D eigenvalue weighted by atomic mass is 16.5. The van der Waals surface area contributed by atoms with Crippen LogP contribution in [0.5, 0.6) is 17.2 Å². The van der Waals surface area contributed by atoms with Crippen LogP contribution in [0.4, 0.5) is 0 Å². The first-order chi connectivity index (χ1) is 16.5. The standard InChI is InChI=1S/C29H36O5/c1-3-32-25-14-12-24(13-15-25)29(31)34-27-18-16-26(17-19-27)33-28(30)23-10-8-22(9-11-23)21-6-4-20(2)5-7-21/h12-23H,3-11H2,1-2H3. The van der Waals surface area contributed by atoms with Gasteiger partial charge in [0.1, 0.15) is 17.2 Å². The molecule has 0 amide bonds. The second kappa shape index (κ2) is 11.5. The molecule has 2 aromatic rings. The Balaban J connectivity index is 1.23. The van der Waals surface area contributed by atoms with Crippen LogP contribution in [0.25, 0.3) is 0 Å². The number of benzene rings is 2. The van der Waals surface area contributed by atoms with Gasteiger partial charge in [0.15, 0.2) is 0 Å². The fourth-order valence-corrected chi connectivity index (χ4v) is 5.38. The van der Waals surface area contributed by atoms with Gasteiger partial charge in [-0.1, -0.05) is 19.8 Å². The fourth-order valence-electron chi connectivity index (χ4n) is 5.38. The predicted octanol–water partition coefficient (Wildman–Crippen LogP) is 6.84. The van der Waals surface area contributed by atoms with Gasteiger partial charge in [0.05, 0.1) is 18.1 Å². The van der Waals surface area contributed by atoms with Crippen LogP contribution >= 0.6 is 0 Å². The molecule has 0 bridgehead atoms.